The van der Waals surface area contributed by atoms with Crippen molar-refractivity contribution in [1.29, 1.82) is 0 Å². The van der Waals surface area contributed by atoms with Gasteiger partial charge in [0.15, 0.2) is 5.58 Å². The fourth-order valence-electron chi connectivity index (χ4n) is 2.57. The van der Waals surface area contributed by atoms with Crippen LogP contribution in [0.5, 0.6) is 0 Å². The Balaban J connectivity index is 1.95. The van der Waals surface area contributed by atoms with Crippen molar-refractivity contribution in [3.63, 3.8) is 0 Å². The zero-order valence-electron chi connectivity index (χ0n) is 14.6. The van der Waals surface area contributed by atoms with Crippen molar-refractivity contribution in [2.75, 3.05) is 12.4 Å². The number of fused-ring (bicyclic) bond motifs is 1. The molecule has 0 aliphatic carbocycles. The van der Waals surface area contributed by atoms with Gasteiger partial charge < -0.3 is 19.6 Å². The van der Waals surface area contributed by atoms with Crippen molar-refractivity contribution in [3.05, 3.63) is 69.3 Å². The van der Waals surface area contributed by atoms with E-state index in [9.17, 15) is 19.5 Å². The van der Waals surface area contributed by atoms with Crippen molar-refractivity contribution in [3.8, 4) is 0 Å². The molecule has 8 heteroatoms. The number of esters is 1. The number of carbonyl (C=O) groups is 2. The fraction of sp³-hybridized carbons (Fsp3) is 0.158. The maximum Gasteiger partial charge on any atom is 0.349 e. The number of amides is 1. The zero-order chi connectivity index (χ0) is 19.6. The van der Waals surface area contributed by atoms with E-state index in [2.05, 4.69) is 15.0 Å². The van der Waals surface area contributed by atoms with E-state index in [0.717, 1.165) is 0 Å². The van der Waals surface area contributed by atoms with Crippen molar-refractivity contribution in [2.45, 2.75) is 13.5 Å². The summed E-state index contributed by atoms with van der Waals surface area (Å²) in [5.74, 6) is -1.17. The van der Waals surface area contributed by atoms with E-state index in [1.54, 1.807) is 6.92 Å². The largest absolute Gasteiger partial charge is 0.465 e. The van der Waals surface area contributed by atoms with Crippen molar-refractivity contribution >= 4 is 28.5 Å². The van der Waals surface area contributed by atoms with Gasteiger partial charge in [0, 0.05) is 22.8 Å². The smallest absolute Gasteiger partial charge is 0.349 e. The van der Waals surface area contributed by atoms with Crippen LogP contribution in [0.3, 0.4) is 0 Å². The van der Waals surface area contributed by atoms with E-state index in [4.69, 9.17) is 4.42 Å². The number of ether oxygens (including phenoxy) is 1. The van der Waals surface area contributed by atoms with Gasteiger partial charge in [-0.1, -0.05) is 0 Å². The van der Waals surface area contributed by atoms with Crippen LogP contribution in [-0.2, 0) is 11.3 Å². The summed E-state index contributed by atoms with van der Waals surface area (Å²) >= 11 is 0. The Morgan fingerprint density at radius 1 is 1.26 bits per heavy atom. The van der Waals surface area contributed by atoms with Crippen LogP contribution in [0.1, 0.15) is 32.0 Å². The average molecular weight is 368 g/mol. The monoisotopic (exact) mass is 368 g/mol. The molecule has 0 saturated carbocycles. The number of methoxy groups -OCH3 is 1. The van der Waals surface area contributed by atoms with E-state index >= 15 is 0 Å². The summed E-state index contributed by atoms with van der Waals surface area (Å²) in [6, 6.07) is 7.38. The first-order valence-electron chi connectivity index (χ1n) is 7.97. The SMILES string of the molecule is COC(=O)c1ccc(NC(=O)c2cc3c(CO)cnc(C)c3oc2=O)cc1. The lowest BCUT2D eigenvalue weighted by Gasteiger charge is -2.08. The molecule has 2 N–H and O–H groups in total. The fourth-order valence-corrected chi connectivity index (χ4v) is 2.57. The minimum Gasteiger partial charge on any atom is -0.465 e. The van der Waals surface area contributed by atoms with E-state index in [1.807, 2.05) is 0 Å². The third-order valence-corrected chi connectivity index (χ3v) is 4.02. The maximum atomic E-state index is 12.5. The zero-order valence-corrected chi connectivity index (χ0v) is 14.6. The van der Waals surface area contributed by atoms with Crippen molar-refractivity contribution in [2.24, 2.45) is 0 Å². The molecule has 0 bridgehead atoms. The van der Waals surface area contributed by atoms with E-state index in [1.165, 1.54) is 43.6 Å². The number of rotatable bonds is 4. The highest BCUT2D eigenvalue weighted by Crippen LogP contribution is 2.21. The number of aromatic nitrogens is 1. The summed E-state index contributed by atoms with van der Waals surface area (Å²) in [4.78, 5) is 40.2. The van der Waals surface area contributed by atoms with Crippen LogP contribution in [0.25, 0.3) is 11.0 Å². The summed E-state index contributed by atoms with van der Waals surface area (Å²) in [7, 11) is 1.27. The first-order chi connectivity index (χ1) is 12.9. The Morgan fingerprint density at radius 2 is 1.96 bits per heavy atom. The number of anilines is 1. The van der Waals surface area contributed by atoms with Crippen LogP contribution in [0, 0.1) is 6.92 Å². The predicted octanol–water partition coefficient (Wildman–Crippen LogP) is 2.03. The first kappa shape index (κ1) is 18.3. The summed E-state index contributed by atoms with van der Waals surface area (Å²) in [5.41, 5.74) is 0.841. The highest BCUT2D eigenvalue weighted by molar-refractivity contribution is 6.05. The van der Waals surface area contributed by atoms with E-state index in [-0.39, 0.29) is 17.8 Å². The molecule has 27 heavy (non-hydrogen) atoms. The van der Waals surface area contributed by atoms with Gasteiger partial charge in [-0.3, -0.25) is 9.78 Å². The molecule has 3 rings (SSSR count). The summed E-state index contributed by atoms with van der Waals surface area (Å²) in [6.07, 6.45) is 1.46. The molecule has 0 aliphatic heterocycles. The predicted molar refractivity (Wildman–Crippen MR) is 96.7 cm³/mol. The van der Waals surface area contributed by atoms with Crippen LogP contribution >= 0.6 is 0 Å². The van der Waals surface area contributed by atoms with Gasteiger partial charge >= 0.3 is 11.6 Å². The topological polar surface area (TPSA) is 119 Å². The third-order valence-electron chi connectivity index (χ3n) is 4.02. The molecule has 0 unspecified atom stereocenters. The molecular formula is C19H16N2O6. The van der Waals surface area contributed by atoms with Gasteiger partial charge in [0.25, 0.3) is 5.91 Å². The maximum absolute atomic E-state index is 12.5. The van der Waals surface area contributed by atoms with Gasteiger partial charge in [-0.25, -0.2) is 9.59 Å². The lowest BCUT2D eigenvalue weighted by molar-refractivity contribution is 0.0600. The molecule has 0 fully saturated rings. The molecule has 138 valence electrons. The average Bonchev–Trinajstić information content (AvgIpc) is 2.68. The van der Waals surface area contributed by atoms with Gasteiger partial charge in [0.1, 0.15) is 5.56 Å². The van der Waals surface area contributed by atoms with Crippen molar-refractivity contribution < 1.29 is 23.8 Å². The minimum absolute atomic E-state index is 0.208. The summed E-state index contributed by atoms with van der Waals surface area (Å²) < 4.78 is 9.85. The number of hydrogen-bond acceptors (Lipinski definition) is 7. The molecule has 0 saturated heterocycles. The summed E-state index contributed by atoms with van der Waals surface area (Å²) in [6.45, 7) is 1.35. The Morgan fingerprint density at radius 3 is 2.59 bits per heavy atom. The van der Waals surface area contributed by atoms with E-state index in [0.29, 0.717) is 27.9 Å². The van der Waals surface area contributed by atoms with Crippen molar-refractivity contribution in [1.82, 2.24) is 4.98 Å². The molecule has 1 amide bonds. The number of hydrogen-bond donors (Lipinski definition) is 2. The number of aliphatic hydroxyl groups excluding tert-OH is 1. The molecule has 0 spiro atoms. The second-order valence-corrected chi connectivity index (χ2v) is 5.74. The second kappa shape index (κ2) is 7.38. The molecule has 1 aromatic carbocycles. The highest BCUT2D eigenvalue weighted by atomic mass is 16.5. The Labute approximate surface area is 153 Å². The van der Waals surface area contributed by atoms with Gasteiger partial charge in [0.05, 0.1) is 25.0 Å². The normalized spacial score (nSPS) is 10.6. The van der Waals surface area contributed by atoms with Crippen LogP contribution in [0.15, 0.2) is 45.7 Å². The molecule has 0 radical (unpaired) electrons. The number of pyridine rings is 1. The molecule has 3 aromatic rings. The van der Waals surface area contributed by atoms with Gasteiger partial charge in [-0.15, -0.1) is 0 Å². The van der Waals surface area contributed by atoms with Gasteiger partial charge in [0.2, 0.25) is 0 Å². The second-order valence-electron chi connectivity index (χ2n) is 5.74. The number of nitrogens with zero attached hydrogens (tertiary/aromatic N) is 1. The highest BCUT2D eigenvalue weighted by Gasteiger charge is 2.17. The summed E-state index contributed by atoms with van der Waals surface area (Å²) in [5, 5.41) is 12.5. The number of benzene rings is 1. The minimum atomic E-state index is -0.814. The number of nitrogens with one attached hydrogen (secondary N) is 1. The van der Waals surface area contributed by atoms with Crippen LogP contribution in [0.2, 0.25) is 0 Å². The van der Waals surface area contributed by atoms with Crippen LogP contribution in [-0.4, -0.2) is 29.1 Å². The van der Waals surface area contributed by atoms with Crippen LogP contribution in [0.4, 0.5) is 5.69 Å². The quantitative estimate of drug-likeness (QED) is 0.676. The van der Waals surface area contributed by atoms with Crippen LogP contribution < -0.4 is 10.9 Å². The van der Waals surface area contributed by atoms with E-state index < -0.39 is 17.5 Å². The molecule has 0 atom stereocenters. The molecule has 8 nitrogen and oxygen atoms in total. The third kappa shape index (κ3) is 3.56. The first-order valence-corrected chi connectivity index (χ1v) is 7.97. The molecular weight excluding hydrogens is 352 g/mol. The number of aliphatic hydroxyl groups is 1. The lowest BCUT2D eigenvalue weighted by atomic mass is 10.1. The van der Waals surface area contributed by atoms with Gasteiger partial charge in [-0.2, -0.15) is 0 Å². The number of aryl methyl sites for hydroxylation is 1. The van der Waals surface area contributed by atoms with Gasteiger partial charge in [-0.05, 0) is 37.3 Å². The lowest BCUT2D eigenvalue weighted by Crippen LogP contribution is -2.21. The number of carbonyl (C=O) groups excluding carboxylic acids is 2. The Bertz CT molecular complexity index is 1090. The molecule has 2 heterocycles. The Kier molecular flexibility index (Phi) is 5.00. The molecule has 0 aliphatic rings. The Hall–Kier alpha value is -3.52. The molecule has 2 aromatic heterocycles. The standard InChI is InChI=1S/C19H16N2O6/c1-10-16-14(12(9-22)8-20-10)7-15(19(25)27-16)17(23)21-13-5-3-11(4-6-13)18(24)26-2/h3-8,22H,9H2,1-2H3,(H,21,23).